The molecule has 0 aliphatic carbocycles. The van der Waals surface area contributed by atoms with Crippen LogP contribution in [0.2, 0.25) is 0 Å². The second-order valence-electron chi connectivity index (χ2n) is 9.91. The summed E-state index contributed by atoms with van der Waals surface area (Å²) in [4.78, 5) is 11.9. The van der Waals surface area contributed by atoms with Crippen molar-refractivity contribution in [3.8, 4) is 0 Å². The highest BCUT2D eigenvalue weighted by molar-refractivity contribution is 5.81. The normalized spacial score (nSPS) is 14.7. The van der Waals surface area contributed by atoms with Crippen molar-refractivity contribution in [2.24, 2.45) is 5.73 Å². The summed E-state index contributed by atoms with van der Waals surface area (Å²) in [7, 11) is 6.68. The first-order chi connectivity index (χ1) is 14.6. The lowest BCUT2D eigenvalue weighted by Crippen LogP contribution is -2.39. The van der Waals surface area contributed by atoms with Crippen LogP contribution in [-0.4, -0.2) is 37.6 Å². The predicted molar refractivity (Wildman–Crippen MR) is 131 cm³/mol. The molecule has 0 radical (unpaired) electrons. The van der Waals surface area contributed by atoms with E-state index in [2.05, 4.69) is 88.8 Å². The van der Waals surface area contributed by atoms with Crippen molar-refractivity contribution in [3.63, 3.8) is 0 Å². The molecule has 170 valence electrons. The van der Waals surface area contributed by atoms with E-state index in [9.17, 15) is 4.79 Å². The van der Waals surface area contributed by atoms with Gasteiger partial charge in [0.15, 0.2) is 0 Å². The van der Waals surface area contributed by atoms with Gasteiger partial charge >= 0.3 is 0 Å². The first-order valence-corrected chi connectivity index (χ1v) is 11.6. The van der Waals surface area contributed by atoms with Crippen LogP contribution >= 0.6 is 0 Å². The van der Waals surface area contributed by atoms with E-state index in [0.29, 0.717) is 24.8 Å². The van der Waals surface area contributed by atoms with Gasteiger partial charge in [0.2, 0.25) is 5.91 Å². The van der Waals surface area contributed by atoms with Crippen LogP contribution in [0.1, 0.15) is 74.1 Å². The van der Waals surface area contributed by atoms with Gasteiger partial charge in [0.25, 0.3) is 0 Å². The molecule has 3 N–H and O–H groups in total. The van der Waals surface area contributed by atoms with E-state index in [0.717, 1.165) is 29.4 Å². The van der Waals surface area contributed by atoms with Gasteiger partial charge in [0, 0.05) is 12.1 Å². The molecule has 0 saturated heterocycles. The SMILES string of the molecule is CCC(CC(C)c1ccc(CNC(=O)[C@@H](N)CC)cc1)c1ccc(C[N+](C)(C)C)cc1. The maximum Gasteiger partial charge on any atom is 0.237 e. The van der Waals surface area contributed by atoms with Gasteiger partial charge in [-0.2, -0.15) is 0 Å². The molecular weight excluding hydrogens is 382 g/mol. The molecule has 4 heteroatoms. The van der Waals surface area contributed by atoms with Gasteiger partial charge < -0.3 is 15.5 Å². The zero-order valence-electron chi connectivity index (χ0n) is 20.3. The van der Waals surface area contributed by atoms with Crippen LogP contribution in [0.3, 0.4) is 0 Å². The Labute approximate surface area is 189 Å². The minimum atomic E-state index is -0.424. The van der Waals surface area contributed by atoms with Gasteiger partial charge in [0.05, 0.1) is 27.2 Å². The molecule has 0 fully saturated rings. The second kappa shape index (κ2) is 11.4. The van der Waals surface area contributed by atoms with Crippen molar-refractivity contribution in [2.45, 2.75) is 71.0 Å². The fourth-order valence-electron chi connectivity index (χ4n) is 4.01. The highest BCUT2D eigenvalue weighted by Crippen LogP contribution is 2.32. The lowest BCUT2D eigenvalue weighted by molar-refractivity contribution is -0.884. The molecule has 3 atom stereocenters. The molecule has 2 aromatic carbocycles. The van der Waals surface area contributed by atoms with Gasteiger partial charge in [-0.3, -0.25) is 4.79 Å². The smallest absolute Gasteiger partial charge is 0.237 e. The summed E-state index contributed by atoms with van der Waals surface area (Å²) in [6.45, 7) is 8.09. The number of carbonyl (C=O) groups excluding carboxylic acids is 1. The van der Waals surface area contributed by atoms with Crippen molar-refractivity contribution in [2.75, 3.05) is 21.1 Å². The summed E-state index contributed by atoms with van der Waals surface area (Å²) >= 11 is 0. The van der Waals surface area contributed by atoms with E-state index < -0.39 is 6.04 Å². The monoisotopic (exact) mass is 424 g/mol. The molecule has 0 heterocycles. The van der Waals surface area contributed by atoms with Gasteiger partial charge in [0.1, 0.15) is 6.54 Å². The van der Waals surface area contributed by atoms with E-state index in [1.807, 2.05) is 6.92 Å². The van der Waals surface area contributed by atoms with E-state index in [1.165, 1.54) is 16.7 Å². The van der Waals surface area contributed by atoms with Crippen LogP contribution in [-0.2, 0) is 17.9 Å². The van der Waals surface area contributed by atoms with E-state index in [1.54, 1.807) is 0 Å². The van der Waals surface area contributed by atoms with Gasteiger partial charge in [-0.1, -0.05) is 69.3 Å². The summed E-state index contributed by atoms with van der Waals surface area (Å²) in [6.07, 6.45) is 2.92. The number of benzene rings is 2. The molecule has 0 saturated carbocycles. The van der Waals surface area contributed by atoms with Crippen molar-refractivity contribution < 1.29 is 9.28 Å². The van der Waals surface area contributed by atoms with Crippen LogP contribution in [0.4, 0.5) is 0 Å². The summed E-state index contributed by atoms with van der Waals surface area (Å²) in [6, 6.07) is 17.4. The molecule has 4 nitrogen and oxygen atoms in total. The average molecular weight is 425 g/mol. The Morgan fingerprint density at radius 3 is 1.97 bits per heavy atom. The minimum Gasteiger partial charge on any atom is -0.351 e. The molecule has 0 aliphatic rings. The first kappa shape index (κ1) is 25.1. The van der Waals surface area contributed by atoms with Crippen LogP contribution in [0.15, 0.2) is 48.5 Å². The highest BCUT2D eigenvalue weighted by Gasteiger charge is 2.16. The molecule has 0 bridgehead atoms. The van der Waals surface area contributed by atoms with Crippen LogP contribution in [0, 0.1) is 0 Å². The number of carbonyl (C=O) groups is 1. The standard InChI is InChI=1S/C27H41N3O/c1-7-23(25-15-11-22(12-16-25)19-30(4,5)6)17-20(3)24-13-9-21(10-14-24)18-29-27(31)26(28)8-2/h9-16,20,23,26H,7-8,17-19,28H2,1-6H3/p+1/t20?,23?,26-/m0/s1. The Bertz CT molecular complexity index is 806. The molecule has 2 rings (SSSR count). The van der Waals surface area contributed by atoms with Gasteiger partial charge in [-0.25, -0.2) is 0 Å². The topological polar surface area (TPSA) is 55.1 Å². The number of rotatable bonds is 11. The largest absolute Gasteiger partial charge is 0.351 e. The fraction of sp³-hybridized carbons (Fsp3) is 0.519. The number of nitrogens with zero attached hydrogens (tertiary/aromatic N) is 1. The Hall–Kier alpha value is -2.17. The zero-order valence-corrected chi connectivity index (χ0v) is 20.3. The quantitative estimate of drug-likeness (QED) is 0.502. The van der Waals surface area contributed by atoms with Gasteiger partial charge in [-0.15, -0.1) is 0 Å². The maximum absolute atomic E-state index is 11.9. The molecular formula is C27H42N3O+. The second-order valence-corrected chi connectivity index (χ2v) is 9.91. The van der Waals surface area contributed by atoms with Crippen molar-refractivity contribution in [1.82, 2.24) is 5.32 Å². The summed E-state index contributed by atoms with van der Waals surface area (Å²) < 4.78 is 0.943. The third-order valence-electron chi connectivity index (χ3n) is 6.03. The van der Waals surface area contributed by atoms with Crippen LogP contribution in [0.25, 0.3) is 0 Å². The van der Waals surface area contributed by atoms with Crippen LogP contribution in [0.5, 0.6) is 0 Å². The molecule has 0 spiro atoms. The zero-order chi connectivity index (χ0) is 23.0. The summed E-state index contributed by atoms with van der Waals surface area (Å²) in [5.74, 6) is 0.953. The Morgan fingerprint density at radius 1 is 0.903 bits per heavy atom. The number of hydrogen-bond acceptors (Lipinski definition) is 2. The third kappa shape index (κ3) is 8.12. The fourth-order valence-corrected chi connectivity index (χ4v) is 4.01. The van der Waals surface area contributed by atoms with Crippen molar-refractivity contribution >= 4 is 5.91 Å². The molecule has 1 amide bonds. The van der Waals surface area contributed by atoms with E-state index in [-0.39, 0.29) is 5.91 Å². The highest BCUT2D eigenvalue weighted by atomic mass is 16.2. The average Bonchev–Trinajstić information content (AvgIpc) is 2.75. The van der Waals surface area contributed by atoms with E-state index >= 15 is 0 Å². The maximum atomic E-state index is 11.9. The number of amides is 1. The lowest BCUT2D eigenvalue weighted by atomic mass is 9.84. The number of quaternary nitrogens is 1. The molecule has 31 heavy (non-hydrogen) atoms. The van der Waals surface area contributed by atoms with Crippen molar-refractivity contribution in [3.05, 3.63) is 70.8 Å². The third-order valence-corrected chi connectivity index (χ3v) is 6.03. The van der Waals surface area contributed by atoms with Crippen molar-refractivity contribution in [1.29, 1.82) is 0 Å². The first-order valence-electron chi connectivity index (χ1n) is 11.6. The summed E-state index contributed by atoms with van der Waals surface area (Å²) in [5, 5.41) is 2.91. The Balaban J connectivity index is 1.96. The molecule has 0 aliphatic heterocycles. The van der Waals surface area contributed by atoms with E-state index in [4.69, 9.17) is 5.73 Å². The lowest BCUT2D eigenvalue weighted by Gasteiger charge is -2.25. The van der Waals surface area contributed by atoms with Crippen LogP contribution < -0.4 is 11.1 Å². The molecule has 0 aromatic heterocycles. The van der Waals surface area contributed by atoms with Gasteiger partial charge in [-0.05, 0) is 47.8 Å². The number of nitrogens with two attached hydrogens (primary N) is 1. The number of hydrogen-bond donors (Lipinski definition) is 2. The molecule has 2 unspecified atom stereocenters. The Kier molecular flexibility index (Phi) is 9.27. The minimum absolute atomic E-state index is 0.0850. The Morgan fingerprint density at radius 2 is 1.45 bits per heavy atom. The predicted octanol–water partition coefficient (Wildman–Crippen LogP) is 4.93. The summed E-state index contributed by atoms with van der Waals surface area (Å²) in [5.41, 5.74) is 11.1. The molecule has 2 aromatic rings. The number of nitrogens with one attached hydrogen (secondary N) is 1.